The maximum Gasteiger partial charge on any atom is 0.527 e. The Labute approximate surface area is 236 Å². The molecular weight excluding hydrogens is 586 g/mol. The molecule has 3 nitrogen and oxygen atoms in total. The normalized spacial score (nSPS) is 24.1. The molecule has 4 rings (SSSR count). The van der Waals surface area contributed by atoms with Crippen molar-refractivity contribution in [1.82, 2.24) is 0 Å². The van der Waals surface area contributed by atoms with Gasteiger partial charge in [-0.1, -0.05) is 19.4 Å². The summed E-state index contributed by atoms with van der Waals surface area (Å²) < 4.78 is 149. The molecule has 2 fully saturated rings. The zero-order valence-electron chi connectivity index (χ0n) is 22.6. The first-order chi connectivity index (χ1) is 19.6. The van der Waals surface area contributed by atoms with Gasteiger partial charge >= 0.3 is 18.6 Å². The second-order valence-electron chi connectivity index (χ2n) is 10.9. The van der Waals surface area contributed by atoms with Gasteiger partial charge in [-0.15, -0.1) is 13.2 Å². The summed E-state index contributed by atoms with van der Waals surface area (Å²) in [7, 11) is 0. The van der Waals surface area contributed by atoms with E-state index in [1.165, 1.54) is 6.07 Å². The van der Waals surface area contributed by atoms with Crippen molar-refractivity contribution in [2.45, 2.75) is 88.9 Å². The fourth-order valence-corrected chi connectivity index (χ4v) is 5.97. The van der Waals surface area contributed by atoms with Crippen LogP contribution in [0, 0.1) is 29.3 Å². The van der Waals surface area contributed by atoms with Gasteiger partial charge in [0.05, 0.1) is 11.7 Å². The third-order valence-electron chi connectivity index (χ3n) is 7.97. The highest BCUT2D eigenvalue weighted by atomic mass is 19.4. The molecule has 0 radical (unpaired) electrons. The molecule has 0 amide bonds. The summed E-state index contributed by atoms with van der Waals surface area (Å²) >= 11 is 0. The summed E-state index contributed by atoms with van der Waals surface area (Å²) in [5.41, 5.74) is -3.25. The summed E-state index contributed by atoms with van der Waals surface area (Å²) in [4.78, 5) is 0. The Hall–Kier alpha value is -2.54. The number of benzene rings is 2. The molecule has 0 spiro atoms. The summed E-state index contributed by atoms with van der Waals surface area (Å²) in [6.07, 6.45) is -8.30. The minimum absolute atomic E-state index is 0.0768. The molecule has 2 aromatic rings. The standard InChI is InChI=1S/C29H30F10O3/c1-2-3-16-4-11-25(40-15-16)18-7-5-17(6-8-18)19-9-10-21(22(30)12-19)27(33,34)41-20-13-23(31)26(24(32)14-20)28(35,36)42-29(37,38)39/h9-10,12-14,16-18,25H,2-8,11,15H2,1H3. The smallest absolute Gasteiger partial charge is 0.429 e. The number of hydrogen-bond acceptors (Lipinski definition) is 3. The third-order valence-corrected chi connectivity index (χ3v) is 7.97. The second-order valence-corrected chi connectivity index (χ2v) is 10.9. The van der Waals surface area contributed by atoms with Crippen LogP contribution in [-0.4, -0.2) is 19.1 Å². The first-order valence-electron chi connectivity index (χ1n) is 13.7. The molecule has 0 N–H and O–H groups in total. The molecule has 2 aromatic carbocycles. The molecule has 1 saturated carbocycles. The highest BCUT2D eigenvalue weighted by Crippen LogP contribution is 2.43. The number of alkyl halides is 7. The predicted molar refractivity (Wildman–Crippen MR) is 130 cm³/mol. The van der Waals surface area contributed by atoms with Gasteiger partial charge in [-0.25, -0.2) is 17.9 Å². The van der Waals surface area contributed by atoms with E-state index >= 15 is 0 Å². The van der Waals surface area contributed by atoms with Crippen LogP contribution in [-0.2, 0) is 21.7 Å². The topological polar surface area (TPSA) is 27.7 Å². The van der Waals surface area contributed by atoms with Crippen LogP contribution in [0.1, 0.15) is 80.9 Å². The van der Waals surface area contributed by atoms with Gasteiger partial charge in [-0.3, -0.25) is 0 Å². The Morgan fingerprint density at radius 3 is 1.95 bits per heavy atom. The number of halogens is 10. The van der Waals surface area contributed by atoms with Gasteiger partial charge in [-0.2, -0.15) is 17.6 Å². The molecule has 2 unspecified atom stereocenters. The lowest BCUT2D eigenvalue weighted by molar-refractivity contribution is -0.432. The lowest BCUT2D eigenvalue weighted by Crippen LogP contribution is -2.34. The van der Waals surface area contributed by atoms with Crippen molar-refractivity contribution in [3.8, 4) is 5.75 Å². The molecule has 1 heterocycles. The average Bonchev–Trinajstić information content (AvgIpc) is 2.87. The van der Waals surface area contributed by atoms with Crippen molar-refractivity contribution in [2.24, 2.45) is 11.8 Å². The lowest BCUT2D eigenvalue weighted by Gasteiger charge is -2.38. The van der Waals surface area contributed by atoms with Gasteiger partial charge in [0.2, 0.25) is 0 Å². The fraction of sp³-hybridized carbons (Fsp3) is 0.586. The Morgan fingerprint density at radius 1 is 0.786 bits per heavy atom. The van der Waals surface area contributed by atoms with E-state index in [2.05, 4.69) is 16.4 Å². The van der Waals surface area contributed by atoms with E-state index in [0.717, 1.165) is 57.3 Å². The van der Waals surface area contributed by atoms with Gasteiger partial charge in [0, 0.05) is 18.7 Å². The Balaban J connectivity index is 1.40. The molecule has 42 heavy (non-hydrogen) atoms. The van der Waals surface area contributed by atoms with Crippen LogP contribution < -0.4 is 4.74 Å². The van der Waals surface area contributed by atoms with Crippen LogP contribution in [0.2, 0.25) is 0 Å². The summed E-state index contributed by atoms with van der Waals surface area (Å²) in [5, 5.41) is 0. The monoisotopic (exact) mass is 616 g/mol. The maximum atomic E-state index is 14.9. The van der Waals surface area contributed by atoms with Crippen LogP contribution in [0.4, 0.5) is 43.9 Å². The van der Waals surface area contributed by atoms with E-state index in [1.807, 2.05) is 0 Å². The van der Waals surface area contributed by atoms with Crippen LogP contribution in [0.3, 0.4) is 0 Å². The molecule has 1 saturated heterocycles. The van der Waals surface area contributed by atoms with E-state index in [0.29, 0.717) is 30.2 Å². The molecule has 0 bridgehead atoms. The minimum Gasteiger partial charge on any atom is -0.429 e. The average molecular weight is 617 g/mol. The number of ether oxygens (including phenoxy) is 3. The quantitative estimate of drug-likeness (QED) is 0.263. The van der Waals surface area contributed by atoms with Crippen molar-refractivity contribution < 1.29 is 58.1 Å². The molecular formula is C29H30F10O3. The highest BCUT2D eigenvalue weighted by molar-refractivity contribution is 5.34. The predicted octanol–water partition coefficient (Wildman–Crippen LogP) is 9.69. The van der Waals surface area contributed by atoms with E-state index in [4.69, 9.17) is 4.74 Å². The van der Waals surface area contributed by atoms with Crippen molar-refractivity contribution in [3.05, 3.63) is 64.5 Å². The van der Waals surface area contributed by atoms with Gasteiger partial charge in [0.1, 0.15) is 28.8 Å². The van der Waals surface area contributed by atoms with Crippen LogP contribution in [0.25, 0.3) is 0 Å². The Bertz CT molecular complexity index is 1190. The minimum atomic E-state index is -5.96. The van der Waals surface area contributed by atoms with Crippen molar-refractivity contribution in [2.75, 3.05) is 6.61 Å². The van der Waals surface area contributed by atoms with E-state index in [1.54, 1.807) is 0 Å². The van der Waals surface area contributed by atoms with Crippen molar-refractivity contribution in [3.63, 3.8) is 0 Å². The molecule has 0 aromatic heterocycles. The van der Waals surface area contributed by atoms with Crippen LogP contribution >= 0.6 is 0 Å². The van der Waals surface area contributed by atoms with Gasteiger partial charge in [0.25, 0.3) is 0 Å². The van der Waals surface area contributed by atoms with Crippen LogP contribution in [0.5, 0.6) is 5.75 Å². The lowest BCUT2D eigenvalue weighted by atomic mass is 9.75. The van der Waals surface area contributed by atoms with Crippen LogP contribution in [0.15, 0.2) is 30.3 Å². The highest BCUT2D eigenvalue weighted by Gasteiger charge is 2.50. The largest absolute Gasteiger partial charge is 0.527 e. The van der Waals surface area contributed by atoms with Crippen molar-refractivity contribution in [1.29, 1.82) is 0 Å². The van der Waals surface area contributed by atoms with Crippen molar-refractivity contribution >= 4 is 0 Å². The van der Waals surface area contributed by atoms with Gasteiger partial charge < -0.3 is 9.47 Å². The zero-order chi connectivity index (χ0) is 30.9. The summed E-state index contributed by atoms with van der Waals surface area (Å²) in [6, 6.07) is 2.65. The SMILES string of the molecule is CCCC1CCC(C2CCC(c3ccc(C(F)(F)Oc4cc(F)c(C(F)(F)OC(F)(F)F)c(F)c4)c(F)c3)CC2)OC1. The molecule has 1 aliphatic carbocycles. The number of rotatable bonds is 9. The molecule has 2 atom stereocenters. The van der Waals surface area contributed by atoms with Gasteiger partial charge in [0.15, 0.2) is 0 Å². The van der Waals surface area contributed by atoms with E-state index in [9.17, 15) is 43.9 Å². The van der Waals surface area contributed by atoms with E-state index < -0.39 is 52.9 Å². The molecule has 234 valence electrons. The fourth-order valence-electron chi connectivity index (χ4n) is 5.97. The van der Waals surface area contributed by atoms with Gasteiger partial charge in [-0.05, 0) is 80.4 Å². The maximum absolute atomic E-state index is 14.9. The molecule has 13 heteroatoms. The second kappa shape index (κ2) is 12.6. The zero-order valence-corrected chi connectivity index (χ0v) is 22.6. The first kappa shape index (κ1) is 32.4. The summed E-state index contributed by atoms with van der Waals surface area (Å²) in [5.74, 6) is -6.54. The third kappa shape index (κ3) is 7.69. The van der Waals surface area contributed by atoms with E-state index in [-0.39, 0.29) is 24.2 Å². The Kier molecular flexibility index (Phi) is 9.71. The first-order valence-corrected chi connectivity index (χ1v) is 13.7. The molecule has 1 aliphatic heterocycles. The molecule has 2 aliphatic rings. The Morgan fingerprint density at radius 2 is 1.43 bits per heavy atom. The number of hydrogen-bond donors (Lipinski definition) is 0. The summed E-state index contributed by atoms with van der Waals surface area (Å²) in [6.45, 7) is 2.90.